The molecule has 2 nitrogen and oxygen atoms in total. The Morgan fingerprint density at radius 1 is 0.935 bits per heavy atom. The highest BCUT2D eigenvalue weighted by molar-refractivity contribution is 7.56. The number of hydrogen-bond acceptors (Lipinski definition) is 2. The van der Waals surface area contributed by atoms with Gasteiger partial charge in [0, 0.05) is 10.9 Å². The van der Waals surface area contributed by atoms with Crippen LogP contribution >= 0.6 is 8.58 Å². The Balaban J connectivity index is 1.67. The summed E-state index contributed by atoms with van der Waals surface area (Å²) in [5.41, 5.74) is 2.46. The van der Waals surface area contributed by atoms with Gasteiger partial charge in [-0.25, -0.2) is 4.39 Å². The van der Waals surface area contributed by atoms with E-state index in [0.717, 1.165) is 41.9 Å². The van der Waals surface area contributed by atoms with Crippen molar-refractivity contribution in [2.75, 3.05) is 0 Å². The molecule has 3 unspecified atom stereocenters. The molecule has 31 heavy (non-hydrogen) atoms. The molecule has 3 atom stereocenters. The third-order valence-electron chi connectivity index (χ3n) is 5.78. The summed E-state index contributed by atoms with van der Waals surface area (Å²) in [7, 11) is 0.0828. The van der Waals surface area contributed by atoms with E-state index in [2.05, 4.69) is 60.7 Å². The second kappa shape index (κ2) is 10.0. The third-order valence-corrected chi connectivity index (χ3v) is 7.15. The van der Waals surface area contributed by atoms with Gasteiger partial charge in [-0.3, -0.25) is 4.79 Å². The molecular formula is C27H26FO2P. The number of rotatable bonds is 7. The van der Waals surface area contributed by atoms with E-state index < -0.39 is 5.82 Å². The van der Waals surface area contributed by atoms with Gasteiger partial charge in [0.05, 0.1) is 0 Å². The quantitative estimate of drug-likeness (QED) is 0.475. The fraction of sp³-hybridized carbons (Fsp3) is 0.222. The van der Waals surface area contributed by atoms with Crippen LogP contribution in [-0.4, -0.2) is 11.4 Å². The Bertz CT molecular complexity index is 1080. The summed E-state index contributed by atoms with van der Waals surface area (Å²) in [6.07, 6.45) is 21.4. The standard InChI is InChI=1S/C27H26FO2P/c28-24-11-12-25(23(17-24)18-29)31-26-16-21(13-19-7-3-1-4-8-19)15-22(27(26)30)14-20-9-5-2-6-10-20/h1-7,9,11-12,15-20,30-31H,8,10,13-14H2. The van der Waals surface area contributed by atoms with Crippen molar-refractivity contribution in [3.05, 3.63) is 101 Å². The molecule has 1 N–H and O–H groups in total. The summed E-state index contributed by atoms with van der Waals surface area (Å²) in [5, 5.41) is 12.7. The SMILES string of the molecule is O=Cc1cc(F)ccc1Pc1cc(CC2C=CC=CC2)cc(CC2C=CC=CC2)c1O. The molecule has 0 saturated heterocycles. The fourth-order valence-electron chi connectivity index (χ4n) is 4.17. The molecule has 2 aliphatic rings. The maximum atomic E-state index is 13.6. The average molecular weight is 432 g/mol. The highest BCUT2D eigenvalue weighted by Crippen LogP contribution is 2.30. The van der Waals surface area contributed by atoms with E-state index in [9.17, 15) is 14.3 Å². The first-order chi connectivity index (χ1) is 15.1. The first-order valence-electron chi connectivity index (χ1n) is 10.7. The van der Waals surface area contributed by atoms with E-state index in [1.54, 1.807) is 6.07 Å². The topological polar surface area (TPSA) is 37.3 Å². The van der Waals surface area contributed by atoms with Gasteiger partial charge < -0.3 is 5.11 Å². The number of phenolic OH excluding ortho intramolecular Hbond substituents is 1. The van der Waals surface area contributed by atoms with Gasteiger partial charge in [-0.1, -0.05) is 69.3 Å². The lowest BCUT2D eigenvalue weighted by Gasteiger charge is -2.19. The van der Waals surface area contributed by atoms with Crippen LogP contribution in [0, 0.1) is 17.7 Å². The van der Waals surface area contributed by atoms with Gasteiger partial charge >= 0.3 is 0 Å². The van der Waals surface area contributed by atoms with Crippen LogP contribution in [0.1, 0.15) is 34.3 Å². The van der Waals surface area contributed by atoms with E-state index >= 15 is 0 Å². The monoisotopic (exact) mass is 432 g/mol. The van der Waals surface area contributed by atoms with Crippen LogP contribution in [0.15, 0.2) is 78.9 Å². The van der Waals surface area contributed by atoms with Gasteiger partial charge in [-0.2, -0.15) is 0 Å². The molecule has 0 bridgehead atoms. The molecule has 2 aromatic carbocycles. The molecule has 0 spiro atoms. The average Bonchev–Trinajstić information content (AvgIpc) is 2.79. The minimum absolute atomic E-state index is 0.0828. The minimum Gasteiger partial charge on any atom is -0.507 e. The predicted molar refractivity (Wildman–Crippen MR) is 128 cm³/mol. The smallest absolute Gasteiger partial charge is 0.150 e. The fourth-order valence-corrected chi connectivity index (χ4v) is 5.44. The van der Waals surface area contributed by atoms with Crippen molar-refractivity contribution >= 4 is 25.5 Å². The molecule has 2 aliphatic carbocycles. The van der Waals surface area contributed by atoms with Crippen molar-refractivity contribution in [1.82, 2.24) is 0 Å². The Morgan fingerprint density at radius 2 is 1.65 bits per heavy atom. The lowest BCUT2D eigenvalue weighted by Crippen LogP contribution is -2.14. The molecule has 0 aliphatic heterocycles. The lowest BCUT2D eigenvalue weighted by molar-refractivity contribution is 0.112. The number of allylic oxidation sites excluding steroid dienone is 8. The van der Waals surface area contributed by atoms with Crippen LogP contribution in [0.3, 0.4) is 0 Å². The molecule has 158 valence electrons. The Hall–Kier alpha value is -2.77. The summed E-state index contributed by atoms with van der Waals surface area (Å²) in [5.74, 6) is 0.664. The zero-order valence-corrected chi connectivity index (χ0v) is 18.3. The second-order valence-corrected chi connectivity index (χ2v) is 9.48. The molecule has 0 amide bonds. The molecule has 2 aromatic rings. The van der Waals surface area contributed by atoms with E-state index in [4.69, 9.17) is 0 Å². The van der Waals surface area contributed by atoms with E-state index in [0.29, 0.717) is 29.4 Å². The molecule has 0 heterocycles. The normalized spacial score (nSPS) is 20.0. The zero-order chi connectivity index (χ0) is 21.6. The van der Waals surface area contributed by atoms with Crippen LogP contribution in [0.5, 0.6) is 5.75 Å². The van der Waals surface area contributed by atoms with Crippen molar-refractivity contribution in [3.8, 4) is 5.75 Å². The molecule has 0 fully saturated rings. The van der Waals surface area contributed by atoms with Gasteiger partial charge in [0.2, 0.25) is 0 Å². The van der Waals surface area contributed by atoms with E-state index in [1.165, 1.54) is 17.7 Å². The number of aromatic hydroxyl groups is 1. The number of carbonyl (C=O) groups excluding carboxylic acids is 1. The molecule has 4 rings (SSSR count). The largest absolute Gasteiger partial charge is 0.507 e. The number of aldehydes is 1. The molecule has 4 heteroatoms. The second-order valence-electron chi connectivity index (χ2n) is 8.15. The summed E-state index contributed by atoms with van der Waals surface area (Å²) in [6.45, 7) is 0. The van der Waals surface area contributed by atoms with Crippen molar-refractivity contribution in [1.29, 1.82) is 0 Å². The lowest BCUT2D eigenvalue weighted by atomic mass is 9.89. The molecular weight excluding hydrogens is 406 g/mol. The zero-order valence-electron chi connectivity index (χ0n) is 17.3. The predicted octanol–water partition coefficient (Wildman–Crippen LogP) is 5.32. The number of carbonyl (C=O) groups is 1. The van der Waals surface area contributed by atoms with Crippen molar-refractivity contribution in [2.45, 2.75) is 25.7 Å². The highest BCUT2D eigenvalue weighted by Gasteiger charge is 2.17. The van der Waals surface area contributed by atoms with Crippen LogP contribution in [0.25, 0.3) is 0 Å². The van der Waals surface area contributed by atoms with Crippen molar-refractivity contribution in [2.24, 2.45) is 11.8 Å². The van der Waals surface area contributed by atoms with E-state index in [1.807, 2.05) is 0 Å². The summed E-state index contributed by atoms with van der Waals surface area (Å²) in [4.78, 5) is 11.5. The Morgan fingerprint density at radius 3 is 2.29 bits per heavy atom. The van der Waals surface area contributed by atoms with Gasteiger partial charge in [0.15, 0.2) is 6.29 Å². The van der Waals surface area contributed by atoms with Crippen LogP contribution < -0.4 is 10.6 Å². The summed E-state index contributed by atoms with van der Waals surface area (Å²) >= 11 is 0. The maximum absolute atomic E-state index is 13.6. The van der Waals surface area contributed by atoms with Crippen LogP contribution in [-0.2, 0) is 12.8 Å². The number of halogens is 1. The highest BCUT2D eigenvalue weighted by atomic mass is 31.1. The molecule has 0 radical (unpaired) electrons. The minimum atomic E-state index is -0.427. The summed E-state index contributed by atoms with van der Waals surface area (Å²) < 4.78 is 13.6. The van der Waals surface area contributed by atoms with Gasteiger partial charge in [0.25, 0.3) is 0 Å². The van der Waals surface area contributed by atoms with Crippen molar-refractivity contribution in [3.63, 3.8) is 0 Å². The van der Waals surface area contributed by atoms with Gasteiger partial charge in [-0.15, -0.1) is 0 Å². The Kier molecular flexibility index (Phi) is 6.94. The molecule has 0 saturated carbocycles. The van der Waals surface area contributed by atoms with Gasteiger partial charge in [-0.05, 0) is 72.1 Å². The maximum Gasteiger partial charge on any atom is 0.150 e. The first kappa shape index (κ1) is 21.5. The summed E-state index contributed by atoms with van der Waals surface area (Å²) in [6, 6.07) is 8.46. The van der Waals surface area contributed by atoms with Gasteiger partial charge in [0.1, 0.15) is 11.6 Å². The van der Waals surface area contributed by atoms with E-state index in [-0.39, 0.29) is 8.58 Å². The number of benzene rings is 2. The number of hydrogen-bond donors (Lipinski definition) is 1. The third kappa shape index (κ3) is 5.48. The molecule has 0 aromatic heterocycles. The first-order valence-corrected chi connectivity index (χ1v) is 11.7. The van der Waals surface area contributed by atoms with Crippen molar-refractivity contribution < 1.29 is 14.3 Å². The Labute approximate surface area is 184 Å². The number of phenols is 1. The van der Waals surface area contributed by atoms with Crippen LogP contribution in [0.2, 0.25) is 0 Å². The van der Waals surface area contributed by atoms with Crippen LogP contribution in [0.4, 0.5) is 4.39 Å².